The molecule has 1 N–H and O–H groups in total. The van der Waals surface area contributed by atoms with Crippen molar-refractivity contribution in [3.05, 3.63) is 24.3 Å². The van der Waals surface area contributed by atoms with Gasteiger partial charge in [0.2, 0.25) is 11.0 Å². The smallest absolute Gasteiger partial charge is 0.247 e. The summed E-state index contributed by atoms with van der Waals surface area (Å²) >= 11 is 1.64. The standard InChI is InChI=1S/C17H22N4OS/c1-3-5-8-11-23-17-19-16-15(20-21-17)12-9-6-7-10-13(12)18-14(4-2)22-16/h6-7,9-10,14,18H,3-5,8,11H2,1-2H3. The van der Waals surface area contributed by atoms with Gasteiger partial charge in [0.1, 0.15) is 0 Å². The van der Waals surface area contributed by atoms with Gasteiger partial charge in [-0.1, -0.05) is 56.7 Å². The molecule has 1 aromatic heterocycles. The molecule has 0 saturated carbocycles. The quantitative estimate of drug-likeness (QED) is 0.627. The van der Waals surface area contributed by atoms with Gasteiger partial charge >= 0.3 is 0 Å². The second kappa shape index (κ2) is 7.64. The molecule has 2 aromatic rings. The summed E-state index contributed by atoms with van der Waals surface area (Å²) < 4.78 is 6.02. The van der Waals surface area contributed by atoms with E-state index < -0.39 is 0 Å². The third-order valence-corrected chi connectivity index (χ3v) is 4.66. The second-order valence-electron chi connectivity index (χ2n) is 5.51. The number of rotatable bonds is 6. The van der Waals surface area contributed by atoms with Crippen molar-refractivity contribution in [1.82, 2.24) is 15.2 Å². The zero-order valence-electron chi connectivity index (χ0n) is 13.6. The molecule has 3 rings (SSSR count). The fourth-order valence-electron chi connectivity index (χ4n) is 2.46. The molecule has 0 amide bonds. The van der Waals surface area contributed by atoms with Gasteiger partial charge in [0.15, 0.2) is 11.9 Å². The summed E-state index contributed by atoms with van der Waals surface area (Å²) in [4.78, 5) is 4.60. The number of hydrogen-bond donors (Lipinski definition) is 1. The largest absolute Gasteiger partial charge is 0.452 e. The van der Waals surface area contributed by atoms with Crippen LogP contribution in [-0.4, -0.2) is 27.2 Å². The Morgan fingerprint density at radius 3 is 2.87 bits per heavy atom. The van der Waals surface area contributed by atoms with Gasteiger partial charge in [-0.3, -0.25) is 0 Å². The van der Waals surface area contributed by atoms with E-state index >= 15 is 0 Å². The Kier molecular flexibility index (Phi) is 5.33. The molecule has 0 saturated heterocycles. The second-order valence-corrected chi connectivity index (χ2v) is 6.57. The minimum atomic E-state index is -0.105. The van der Waals surface area contributed by atoms with Gasteiger partial charge in [-0.05, 0) is 12.5 Å². The van der Waals surface area contributed by atoms with Crippen LogP contribution in [0.25, 0.3) is 11.3 Å². The van der Waals surface area contributed by atoms with E-state index in [4.69, 9.17) is 4.74 Å². The van der Waals surface area contributed by atoms with Crippen LogP contribution in [-0.2, 0) is 0 Å². The van der Waals surface area contributed by atoms with Crippen LogP contribution in [0.1, 0.15) is 39.5 Å². The van der Waals surface area contributed by atoms with Gasteiger partial charge in [-0.25, -0.2) is 0 Å². The van der Waals surface area contributed by atoms with Crippen molar-refractivity contribution in [3.8, 4) is 17.1 Å². The number of benzene rings is 1. The lowest BCUT2D eigenvalue weighted by Gasteiger charge is -2.16. The molecule has 0 aliphatic carbocycles. The molecule has 122 valence electrons. The third-order valence-electron chi connectivity index (χ3n) is 3.74. The molecule has 1 atom stereocenters. The molecule has 6 heteroatoms. The molecule has 1 aromatic carbocycles. The summed E-state index contributed by atoms with van der Waals surface area (Å²) in [5.74, 6) is 1.59. The fourth-order valence-corrected chi connectivity index (χ4v) is 3.24. The average Bonchev–Trinajstić information content (AvgIpc) is 2.74. The first-order valence-corrected chi connectivity index (χ1v) is 9.20. The first-order chi connectivity index (χ1) is 11.3. The molecule has 0 fully saturated rings. The summed E-state index contributed by atoms with van der Waals surface area (Å²) in [6.45, 7) is 4.29. The first-order valence-electron chi connectivity index (χ1n) is 8.22. The normalized spacial score (nSPS) is 15.8. The molecule has 1 aliphatic rings. The highest BCUT2D eigenvalue weighted by Gasteiger charge is 2.23. The maximum Gasteiger partial charge on any atom is 0.247 e. The Morgan fingerprint density at radius 2 is 2.04 bits per heavy atom. The van der Waals surface area contributed by atoms with Crippen molar-refractivity contribution < 1.29 is 4.74 Å². The highest BCUT2D eigenvalue weighted by molar-refractivity contribution is 7.99. The van der Waals surface area contributed by atoms with Crippen LogP contribution in [0.15, 0.2) is 29.4 Å². The lowest BCUT2D eigenvalue weighted by molar-refractivity contribution is 0.216. The monoisotopic (exact) mass is 330 g/mol. The third kappa shape index (κ3) is 3.75. The Morgan fingerprint density at radius 1 is 1.17 bits per heavy atom. The zero-order valence-corrected chi connectivity index (χ0v) is 14.4. The van der Waals surface area contributed by atoms with E-state index in [0.29, 0.717) is 16.7 Å². The lowest BCUT2D eigenvalue weighted by atomic mass is 10.1. The molecule has 1 aliphatic heterocycles. The molecule has 0 radical (unpaired) electrons. The van der Waals surface area contributed by atoms with Gasteiger partial charge in [-0.2, -0.15) is 4.98 Å². The molecule has 0 bridgehead atoms. The van der Waals surface area contributed by atoms with Crippen molar-refractivity contribution >= 4 is 17.4 Å². The van der Waals surface area contributed by atoms with Crippen LogP contribution >= 0.6 is 11.8 Å². The minimum Gasteiger partial charge on any atom is -0.452 e. The van der Waals surface area contributed by atoms with Gasteiger partial charge < -0.3 is 10.1 Å². The van der Waals surface area contributed by atoms with E-state index in [1.54, 1.807) is 11.8 Å². The fraction of sp³-hybridized carbons (Fsp3) is 0.471. The zero-order chi connectivity index (χ0) is 16.1. The van der Waals surface area contributed by atoms with E-state index in [0.717, 1.165) is 23.4 Å². The van der Waals surface area contributed by atoms with Gasteiger partial charge in [0.25, 0.3) is 0 Å². The summed E-state index contributed by atoms with van der Waals surface area (Å²) in [6.07, 6.45) is 4.36. The summed E-state index contributed by atoms with van der Waals surface area (Å²) in [5, 5.41) is 12.8. The van der Waals surface area contributed by atoms with Gasteiger partial charge in [0.05, 0.1) is 0 Å². The van der Waals surface area contributed by atoms with E-state index in [1.807, 2.05) is 24.3 Å². The number of unbranched alkanes of at least 4 members (excludes halogenated alkanes) is 2. The van der Waals surface area contributed by atoms with Crippen LogP contribution in [0.4, 0.5) is 5.69 Å². The number of ether oxygens (including phenoxy) is 1. The Hall–Kier alpha value is -1.82. The van der Waals surface area contributed by atoms with Crippen molar-refractivity contribution in [2.45, 2.75) is 50.9 Å². The summed E-state index contributed by atoms with van der Waals surface area (Å²) in [6, 6.07) is 8.05. The number of para-hydroxylation sites is 1. The predicted octanol–water partition coefficient (Wildman–Crippen LogP) is 4.36. The van der Waals surface area contributed by atoms with E-state index in [-0.39, 0.29) is 6.23 Å². The summed E-state index contributed by atoms with van der Waals surface area (Å²) in [5.41, 5.74) is 2.71. The number of fused-ring (bicyclic) bond motifs is 3. The SMILES string of the molecule is CCCCCSc1nnc2c(n1)OC(CC)Nc1ccccc1-2. The number of nitrogens with one attached hydrogen (secondary N) is 1. The summed E-state index contributed by atoms with van der Waals surface area (Å²) in [7, 11) is 0. The average molecular weight is 330 g/mol. The van der Waals surface area contributed by atoms with Crippen LogP contribution in [0.2, 0.25) is 0 Å². The molecule has 2 heterocycles. The Balaban J connectivity index is 1.87. The lowest BCUT2D eigenvalue weighted by Crippen LogP contribution is -2.24. The van der Waals surface area contributed by atoms with Gasteiger partial charge in [0, 0.05) is 23.4 Å². The number of thioether (sulfide) groups is 1. The van der Waals surface area contributed by atoms with Gasteiger partial charge in [-0.15, -0.1) is 10.2 Å². The molecule has 23 heavy (non-hydrogen) atoms. The van der Waals surface area contributed by atoms with Crippen LogP contribution in [0.5, 0.6) is 5.88 Å². The number of aromatic nitrogens is 3. The van der Waals surface area contributed by atoms with E-state index in [9.17, 15) is 0 Å². The van der Waals surface area contributed by atoms with Crippen molar-refractivity contribution in [3.63, 3.8) is 0 Å². The van der Waals surface area contributed by atoms with Crippen LogP contribution < -0.4 is 10.1 Å². The minimum absolute atomic E-state index is 0.105. The van der Waals surface area contributed by atoms with E-state index in [2.05, 4.69) is 34.3 Å². The Labute approximate surface area is 141 Å². The Bertz CT molecular complexity index is 665. The van der Waals surface area contributed by atoms with Crippen LogP contribution in [0.3, 0.4) is 0 Å². The highest BCUT2D eigenvalue weighted by atomic mass is 32.2. The van der Waals surface area contributed by atoms with E-state index in [1.165, 1.54) is 19.3 Å². The highest BCUT2D eigenvalue weighted by Crippen LogP contribution is 2.36. The predicted molar refractivity (Wildman–Crippen MR) is 93.8 cm³/mol. The molecule has 1 unspecified atom stereocenters. The van der Waals surface area contributed by atoms with Crippen LogP contribution in [0, 0.1) is 0 Å². The van der Waals surface area contributed by atoms with Crippen molar-refractivity contribution in [1.29, 1.82) is 0 Å². The molecular weight excluding hydrogens is 308 g/mol. The molecular formula is C17H22N4OS. The van der Waals surface area contributed by atoms with Crippen molar-refractivity contribution in [2.75, 3.05) is 11.1 Å². The maximum absolute atomic E-state index is 6.02. The molecule has 0 spiro atoms. The maximum atomic E-state index is 6.02. The topological polar surface area (TPSA) is 59.9 Å². The number of nitrogens with zero attached hydrogens (tertiary/aromatic N) is 3. The molecule has 5 nitrogen and oxygen atoms in total. The number of hydrogen-bond acceptors (Lipinski definition) is 6. The number of anilines is 1. The first kappa shape index (κ1) is 16.1. The van der Waals surface area contributed by atoms with Crippen molar-refractivity contribution in [2.24, 2.45) is 0 Å².